The zero-order valence-electron chi connectivity index (χ0n) is 17.3. The zero-order chi connectivity index (χ0) is 22.9. The number of sulfonamides is 1. The molecule has 0 bridgehead atoms. The van der Waals surface area contributed by atoms with Crippen molar-refractivity contribution in [2.75, 3.05) is 26.2 Å². The summed E-state index contributed by atoms with van der Waals surface area (Å²) < 4.78 is 32.9. The molecule has 4 rings (SSSR count). The molecule has 2 aromatic carbocycles. The highest BCUT2D eigenvalue weighted by Gasteiger charge is 2.33. The van der Waals surface area contributed by atoms with Crippen LogP contribution >= 0.6 is 0 Å². The Morgan fingerprint density at radius 2 is 1.72 bits per heavy atom. The fourth-order valence-corrected chi connectivity index (χ4v) is 5.38. The minimum atomic E-state index is -3.94. The van der Waals surface area contributed by atoms with Crippen LogP contribution in [0.4, 0.5) is 5.69 Å². The van der Waals surface area contributed by atoms with E-state index < -0.39 is 14.9 Å². The first-order valence-corrected chi connectivity index (χ1v) is 11.4. The molecule has 0 saturated carbocycles. The molecule has 1 fully saturated rings. The maximum absolute atomic E-state index is 13.1. The van der Waals surface area contributed by atoms with Crippen LogP contribution in [-0.2, 0) is 10.0 Å². The predicted molar refractivity (Wildman–Crippen MR) is 117 cm³/mol. The van der Waals surface area contributed by atoms with E-state index in [1.54, 1.807) is 17.9 Å². The maximum Gasteiger partial charge on any atom is 0.290 e. The Morgan fingerprint density at radius 1 is 1.03 bits per heavy atom. The van der Waals surface area contributed by atoms with Gasteiger partial charge in [0.05, 0.1) is 16.1 Å². The van der Waals surface area contributed by atoms with Crippen LogP contribution in [-0.4, -0.2) is 54.6 Å². The van der Waals surface area contributed by atoms with Crippen LogP contribution < -0.4 is 0 Å². The lowest BCUT2D eigenvalue weighted by molar-refractivity contribution is -0.385. The largest absolute Gasteiger partial charge is 0.459 e. The number of benzene rings is 2. The molecule has 1 aliphatic heterocycles. The lowest BCUT2D eigenvalue weighted by atomic mass is 10.1. The van der Waals surface area contributed by atoms with Gasteiger partial charge in [0.2, 0.25) is 10.0 Å². The van der Waals surface area contributed by atoms with Gasteiger partial charge in [-0.1, -0.05) is 36.4 Å². The summed E-state index contributed by atoms with van der Waals surface area (Å²) in [6.45, 7) is 2.12. The highest BCUT2D eigenvalue weighted by molar-refractivity contribution is 7.89. The van der Waals surface area contributed by atoms with Crippen molar-refractivity contribution in [3.8, 4) is 11.1 Å². The second-order valence-electron chi connectivity index (χ2n) is 7.43. The number of nitro groups is 1. The topological polar surface area (TPSA) is 114 Å². The average molecular weight is 455 g/mol. The molecular formula is C22H21N3O6S. The molecule has 10 heteroatoms. The minimum absolute atomic E-state index is 0.0809. The molecule has 0 radical (unpaired) electrons. The number of hydrogen-bond acceptors (Lipinski definition) is 6. The monoisotopic (exact) mass is 455 g/mol. The third-order valence-electron chi connectivity index (χ3n) is 5.47. The van der Waals surface area contributed by atoms with Gasteiger partial charge >= 0.3 is 0 Å². The van der Waals surface area contributed by atoms with E-state index in [2.05, 4.69) is 0 Å². The predicted octanol–water partition coefficient (Wildman–Crippen LogP) is 3.31. The van der Waals surface area contributed by atoms with Crippen molar-refractivity contribution in [1.29, 1.82) is 0 Å². The van der Waals surface area contributed by atoms with E-state index in [0.717, 1.165) is 11.6 Å². The number of carbonyl (C=O) groups is 1. The Balaban J connectivity index is 1.51. The molecule has 1 aromatic heterocycles. The van der Waals surface area contributed by atoms with Crippen molar-refractivity contribution in [2.24, 2.45) is 0 Å². The molecule has 9 nitrogen and oxygen atoms in total. The van der Waals surface area contributed by atoms with Gasteiger partial charge in [-0.05, 0) is 24.1 Å². The number of hydrogen-bond donors (Lipinski definition) is 0. The second kappa shape index (κ2) is 8.56. The van der Waals surface area contributed by atoms with Crippen molar-refractivity contribution in [3.63, 3.8) is 0 Å². The summed E-state index contributed by atoms with van der Waals surface area (Å²) >= 11 is 0. The molecular weight excluding hydrogens is 434 g/mol. The van der Waals surface area contributed by atoms with Gasteiger partial charge in [0.25, 0.3) is 11.6 Å². The van der Waals surface area contributed by atoms with E-state index in [-0.39, 0.29) is 48.4 Å². The third kappa shape index (κ3) is 4.02. The molecule has 32 heavy (non-hydrogen) atoms. The third-order valence-corrected chi connectivity index (χ3v) is 7.51. The summed E-state index contributed by atoms with van der Waals surface area (Å²) in [7, 11) is -3.94. The van der Waals surface area contributed by atoms with Gasteiger partial charge in [0, 0.05) is 43.9 Å². The molecule has 1 amide bonds. The van der Waals surface area contributed by atoms with E-state index in [0.29, 0.717) is 11.1 Å². The van der Waals surface area contributed by atoms with Crippen LogP contribution in [0, 0.1) is 17.0 Å². The Kier molecular flexibility index (Phi) is 5.81. The Bertz CT molecular complexity index is 1260. The summed E-state index contributed by atoms with van der Waals surface area (Å²) in [6.07, 6.45) is 1.46. The average Bonchev–Trinajstić information content (AvgIpc) is 3.29. The van der Waals surface area contributed by atoms with Crippen molar-refractivity contribution in [2.45, 2.75) is 11.8 Å². The van der Waals surface area contributed by atoms with E-state index in [4.69, 9.17) is 4.42 Å². The first-order valence-electron chi connectivity index (χ1n) is 9.96. The fourth-order valence-electron chi connectivity index (χ4n) is 3.71. The normalized spacial score (nSPS) is 15.0. The van der Waals surface area contributed by atoms with Gasteiger partial charge in [0.15, 0.2) is 5.76 Å². The molecule has 3 aromatic rings. The second-order valence-corrected chi connectivity index (χ2v) is 9.34. The molecule has 0 N–H and O–H groups in total. The first-order chi connectivity index (χ1) is 15.3. The van der Waals surface area contributed by atoms with Crippen LogP contribution in [0.2, 0.25) is 0 Å². The standard InChI is InChI=1S/C22H21N3O6S/c1-16-7-8-18(25(27)28)15-20(16)32(29,30)24-12-10-23(11-13-24)22(26)21-19(9-14-31-21)17-5-3-2-4-6-17/h2-9,14-15H,10-13H2,1H3. The van der Waals surface area contributed by atoms with Gasteiger partial charge in [-0.2, -0.15) is 4.31 Å². The number of non-ortho nitro benzene ring substituents is 1. The lowest BCUT2D eigenvalue weighted by Gasteiger charge is -2.34. The number of aryl methyl sites for hydroxylation is 1. The SMILES string of the molecule is Cc1ccc([N+](=O)[O-])cc1S(=O)(=O)N1CCN(C(=O)c2occc2-c2ccccc2)CC1. The molecule has 166 valence electrons. The Labute approximate surface area is 185 Å². The summed E-state index contributed by atoms with van der Waals surface area (Å²) in [4.78, 5) is 25.0. The molecule has 1 aliphatic rings. The number of carbonyl (C=O) groups excluding carboxylic acids is 1. The summed E-state index contributed by atoms with van der Waals surface area (Å²) in [6, 6.07) is 14.9. The van der Waals surface area contributed by atoms with Gasteiger partial charge < -0.3 is 9.32 Å². The van der Waals surface area contributed by atoms with Crippen molar-refractivity contribution >= 4 is 21.6 Å². The molecule has 2 heterocycles. The van der Waals surface area contributed by atoms with Crippen molar-refractivity contribution in [1.82, 2.24) is 9.21 Å². The van der Waals surface area contributed by atoms with Crippen molar-refractivity contribution < 1.29 is 22.6 Å². The van der Waals surface area contributed by atoms with Gasteiger partial charge in [-0.3, -0.25) is 14.9 Å². The quantitative estimate of drug-likeness (QED) is 0.431. The summed E-state index contributed by atoms with van der Waals surface area (Å²) in [5, 5.41) is 11.1. The number of furan rings is 1. The van der Waals surface area contributed by atoms with E-state index in [1.165, 1.54) is 22.7 Å². The van der Waals surface area contributed by atoms with Crippen LogP contribution in [0.15, 0.2) is 70.2 Å². The summed E-state index contributed by atoms with van der Waals surface area (Å²) in [5.74, 6) is -0.0977. The van der Waals surface area contributed by atoms with Crippen LogP contribution in [0.1, 0.15) is 16.1 Å². The van der Waals surface area contributed by atoms with Crippen molar-refractivity contribution in [3.05, 3.63) is 82.3 Å². The van der Waals surface area contributed by atoms with Gasteiger partial charge in [0.1, 0.15) is 0 Å². The van der Waals surface area contributed by atoms with Crippen LogP contribution in [0.25, 0.3) is 11.1 Å². The highest BCUT2D eigenvalue weighted by atomic mass is 32.2. The zero-order valence-corrected chi connectivity index (χ0v) is 18.1. The highest BCUT2D eigenvalue weighted by Crippen LogP contribution is 2.28. The maximum atomic E-state index is 13.1. The molecule has 1 saturated heterocycles. The smallest absolute Gasteiger partial charge is 0.290 e. The van der Waals surface area contributed by atoms with E-state index >= 15 is 0 Å². The van der Waals surface area contributed by atoms with Gasteiger partial charge in [-0.15, -0.1) is 0 Å². The summed E-state index contributed by atoms with van der Waals surface area (Å²) in [5.41, 5.74) is 1.68. The number of nitrogens with zero attached hydrogens (tertiary/aromatic N) is 3. The minimum Gasteiger partial charge on any atom is -0.459 e. The van der Waals surface area contributed by atoms with E-state index in [9.17, 15) is 23.3 Å². The molecule has 0 unspecified atom stereocenters. The number of nitro benzene ring substituents is 1. The first kappa shape index (κ1) is 21.7. The van der Waals surface area contributed by atoms with E-state index in [1.807, 2.05) is 30.3 Å². The van der Waals surface area contributed by atoms with Crippen LogP contribution in [0.5, 0.6) is 0 Å². The number of amides is 1. The van der Waals surface area contributed by atoms with Gasteiger partial charge in [-0.25, -0.2) is 8.42 Å². The Morgan fingerprint density at radius 3 is 2.38 bits per heavy atom. The number of piperazine rings is 1. The lowest BCUT2D eigenvalue weighted by Crippen LogP contribution is -2.50. The molecule has 0 spiro atoms. The molecule has 0 atom stereocenters. The number of rotatable bonds is 5. The fraction of sp³-hybridized carbons (Fsp3) is 0.227. The van der Waals surface area contributed by atoms with Crippen LogP contribution in [0.3, 0.4) is 0 Å². The Hall–Kier alpha value is -3.50. The molecule has 0 aliphatic carbocycles.